The van der Waals surface area contributed by atoms with Gasteiger partial charge >= 0.3 is 0 Å². The molecule has 3 fully saturated rings. The molecule has 0 spiro atoms. The number of rotatable bonds is 4. The maximum atomic E-state index is 13.2. The van der Waals surface area contributed by atoms with E-state index in [0.29, 0.717) is 19.0 Å². The predicted octanol–water partition coefficient (Wildman–Crippen LogP) is 4.09. The Morgan fingerprint density at radius 2 is 1.68 bits per heavy atom. The zero-order chi connectivity index (χ0) is 21.2. The van der Waals surface area contributed by atoms with Crippen molar-refractivity contribution in [2.45, 2.75) is 82.7 Å². The van der Waals surface area contributed by atoms with Crippen molar-refractivity contribution in [3.8, 4) is 0 Å². The van der Waals surface area contributed by atoms with Crippen LogP contribution in [-0.2, 0) is 16.1 Å². The third-order valence-electron chi connectivity index (χ3n) is 7.48. The minimum atomic E-state index is 0.0683. The van der Waals surface area contributed by atoms with Gasteiger partial charge in [0, 0.05) is 38.0 Å². The Hall–Kier alpha value is -2.37. The van der Waals surface area contributed by atoms with E-state index >= 15 is 0 Å². The number of fused-ring (bicyclic) bond motifs is 1. The summed E-state index contributed by atoms with van der Waals surface area (Å²) in [6.07, 6.45) is 11.1. The second-order valence-corrected chi connectivity index (χ2v) is 9.58. The molecular weight excluding hydrogens is 388 g/mol. The molecule has 0 radical (unpaired) electrons. The van der Waals surface area contributed by atoms with Gasteiger partial charge in [0.05, 0.1) is 11.0 Å². The molecule has 1 atom stereocenters. The van der Waals surface area contributed by atoms with Crippen LogP contribution >= 0.6 is 0 Å². The molecule has 2 saturated heterocycles. The van der Waals surface area contributed by atoms with Crippen molar-refractivity contribution in [1.29, 1.82) is 0 Å². The van der Waals surface area contributed by atoms with Crippen LogP contribution in [0.25, 0.3) is 11.0 Å². The zero-order valence-electron chi connectivity index (χ0n) is 18.5. The van der Waals surface area contributed by atoms with Crippen molar-refractivity contribution in [2.24, 2.45) is 0 Å². The first-order valence-electron chi connectivity index (χ1n) is 12.2. The fraction of sp³-hybridized carbons (Fsp3) is 0.640. The van der Waals surface area contributed by atoms with E-state index in [1.54, 1.807) is 0 Å². The first-order valence-corrected chi connectivity index (χ1v) is 12.2. The highest BCUT2D eigenvalue weighted by Crippen LogP contribution is 2.34. The van der Waals surface area contributed by atoms with E-state index in [1.807, 2.05) is 23.1 Å². The van der Waals surface area contributed by atoms with Gasteiger partial charge in [0.2, 0.25) is 11.8 Å². The zero-order valence-corrected chi connectivity index (χ0v) is 18.5. The Morgan fingerprint density at radius 3 is 2.45 bits per heavy atom. The average molecular weight is 423 g/mol. The standard InChI is InChI=1S/C25H34N4O2/c30-23-16-19(17-28(23)20-10-4-3-5-11-20)25-26-21-12-6-7-13-22(21)29(25)18-24(31)27-14-8-1-2-9-15-27/h6-7,12-13,19-20H,1-5,8-11,14-18H2. The van der Waals surface area contributed by atoms with Gasteiger partial charge < -0.3 is 14.4 Å². The second-order valence-electron chi connectivity index (χ2n) is 9.58. The number of aromatic nitrogens is 2. The normalized spacial score (nSPS) is 23.5. The smallest absolute Gasteiger partial charge is 0.242 e. The largest absolute Gasteiger partial charge is 0.341 e. The maximum absolute atomic E-state index is 13.2. The van der Waals surface area contributed by atoms with Crippen LogP contribution in [0, 0.1) is 0 Å². The molecule has 2 amide bonds. The molecule has 3 aliphatic rings. The SMILES string of the molecule is O=C(Cn1c(C2CC(=O)N(C3CCCCC3)C2)nc2ccccc21)N1CCCCCC1. The molecule has 1 saturated carbocycles. The number of hydrogen-bond donors (Lipinski definition) is 0. The van der Waals surface area contributed by atoms with Gasteiger partial charge in [0.25, 0.3) is 0 Å². The second kappa shape index (κ2) is 9.01. The summed E-state index contributed by atoms with van der Waals surface area (Å²) in [7, 11) is 0. The summed E-state index contributed by atoms with van der Waals surface area (Å²) in [5, 5.41) is 0. The van der Waals surface area contributed by atoms with Crippen LogP contribution in [0.3, 0.4) is 0 Å². The highest BCUT2D eigenvalue weighted by molar-refractivity contribution is 5.83. The van der Waals surface area contributed by atoms with Gasteiger partial charge in [-0.05, 0) is 37.8 Å². The molecule has 1 aliphatic carbocycles. The van der Waals surface area contributed by atoms with Gasteiger partial charge in [-0.25, -0.2) is 4.98 Å². The van der Waals surface area contributed by atoms with Gasteiger partial charge in [-0.15, -0.1) is 0 Å². The van der Waals surface area contributed by atoms with Gasteiger partial charge in [0.1, 0.15) is 12.4 Å². The number of nitrogens with zero attached hydrogens (tertiary/aromatic N) is 4. The minimum absolute atomic E-state index is 0.0683. The van der Waals surface area contributed by atoms with Crippen LogP contribution in [0.1, 0.15) is 76.0 Å². The number of amides is 2. The third kappa shape index (κ3) is 4.21. The fourth-order valence-electron chi connectivity index (χ4n) is 5.78. The van der Waals surface area contributed by atoms with Crippen LogP contribution in [-0.4, -0.2) is 56.8 Å². The molecular formula is C25H34N4O2. The van der Waals surface area contributed by atoms with Crippen LogP contribution in [0.4, 0.5) is 0 Å². The summed E-state index contributed by atoms with van der Waals surface area (Å²) >= 11 is 0. The van der Waals surface area contributed by atoms with E-state index < -0.39 is 0 Å². The van der Waals surface area contributed by atoms with Crippen molar-refractivity contribution in [3.63, 3.8) is 0 Å². The molecule has 0 N–H and O–H groups in total. The monoisotopic (exact) mass is 422 g/mol. The Morgan fingerprint density at radius 1 is 0.968 bits per heavy atom. The summed E-state index contributed by atoms with van der Waals surface area (Å²) in [6, 6.07) is 8.46. The van der Waals surface area contributed by atoms with Gasteiger partial charge in [-0.1, -0.05) is 44.2 Å². The molecule has 1 aromatic heterocycles. The number of hydrogen-bond acceptors (Lipinski definition) is 3. The van der Waals surface area contributed by atoms with Crippen LogP contribution in [0.2, 0.25) is 0 Å². The molecule has 6 heteroatoms. The lowest BCUT2D eigenvalue weighted by atomic mass is 9.94. The molecule has 5 rings (SSSR count). The number of likely N-dealkylation sites (tertiary alicyclic amines) is 2. The van der Waals surface area contributed by atoms with E-state index in [4.69, 9.17) is 4.98 Å². The van der Waals surface area contributed by atoms with Crippen LogP contribution in [0.5, 0.6) is 0 Å². The first kappa shape index (κ1) is 20.5. The summed E-state index contributed by atoms with van der Waals surface area (Å²) in [6.45, 7) is 2.78. The average Bonchev–Trinajstić information content (AvgIpc) is 3.22. The quantitative estimate of drug-likeness (QED) is 0.746. The van der Waals surface area contributed by atoms with E-state index in [-0.39, 0.29) is 17.7 Å². The first-order chi connectivity index (χ1) is 15.2. The number of imidazole rings is 1. The van der Waals surface area contributed by atoms with Crippen molar-refractivity contribution >= 4 is 22.8 Å². The predicted molar refractivity (Wildman–Crippen MR) is 121 cm³/mol. The molecule has 2 aromatic rings. The molecule has 1 unspecified atom stereocenters. The minimum Gasteiger partial charge on any atom is -0.341 e. The third-order valence-corrected chi connectivity index (χ3v) is 7.48. The Labute approximate surface area is 184 Å². The highest BCUT2D eigenvalue weighted by Gasteiger charge is 2.38. The topological polar surface area (TPSA) is 58.4 Å². The molecule has 6 nitrogen and oxygen atoms in total. The summed E-state index contributed by atoms with van der Waals surface area (Å²) in [5.41, 5.74) is 1.92. The van der Waals surface area contributed by atoms with Crippen molar-refractivity contribution in [2.75, 3.05) is 19.6 Å². The van der Waals surface area contributed by atoms with Gasteiger partial charge in [-0.3, -0.25) is 9.59 Å². The number of carbonyl (C=O) groups is 2. The molecule has 1 aromatic carbocycles. The maximum Gasteiger partial charge on any atom is 0.242 e. The van der Waals surface area contributed by atoms with Gasteiger partial charge in [0.15, 0.2) is 0 Å². The Kier molecular flexibility index (Phi) is 5.97. The molecule has 0 bridgehead atoms. The highest BCUT2D eigenvalue weighted by atomic mass is 16.2. The molecule has 166 valence electrons. The number of benzene rings is 1. The number of para-hydroxylation sites is 2. The molecule has 31 heavy (non-hydrogen) atoms. The van der Waals surface area contributed by atoms with Crippen molar-refractivity contribution in [1.82, 2.24) is 19.4 Å². The summed E-state index contributed by atoms with van der Waals surface area (Å²) < 4.78 is 2.10. The van der Waals surface area contributed by atoms with E-state index in [1.165, 1.54) is 32.1 Å². The lowest BCUT2D eigenvalue weighted by Crippen LogP contribution is -2.38. The lowest BCUT2D eigenvalue weighted by molar-refractivity contribution is -0.132. The summed E-state index contributed by atoms with van der Waals surface area (Å²) in [4.78, 5) is 35.2. The lowest BCUT2D eigenvalue weighted by Gasteiger charge is -2.31. The van der Waals surface area contributed by atoms with E-state index in [0.717, 1.165) is 62.2 Å². The van der Waals surface area contributed by atoms with E-state index in [9.17, 15) is 9.59 Å². The van der Waals surface area contributed by atoms with Crippen molar-refractivity contribution in [3.05, 3.63) is 30.1 Å². The summed E-state index contributed by atoms with van der Waals surface area (Å²) in [5.74, 6) is 1.42. The molecule has 3 heterocycles. The fourth-order valence-corrected chi connectivity index (χ4v) is 5.78. The Balaban J connectivity index is 1.41. The van der Waals surface area contributed by atoms with Crippen LogP contribution < -0.4 is 0 Å². The van der Waals surface area contributed by atoms with E-state index in [2.05, 4.69) is 15.5 Å². The Bertz CT molecular complexity index is 938. The van der Waals surface area contributed by atoms with Crippen LogP contribution in [0.15, 0.2) is 24.3 Å². The van der Waals surface area contributed by atoms with Gasteiger partial charge in [-0.2, -0.15) is 0 Å². The molecule has 2 aliphatic heterocycles. The van der Waals surface area contributed by atoms with Crippen molar-refractivity contribution < 1.29 is 9.59 Å². The number of carbonyl (C=O) groups excluding carboxylic acids is 2.